The largest absolute Gasteiger partial charge is 0.454 e. The van der Waals surface area contributed by atoms with Crippen LogP contribution in [0.4, 0.5) is 0 Å². The van der Waals surface area contributed by atoms with Crippen LogP contribution in [0, 0.1) is 0 Å². The summed E-state index contributed by atoms with van der Waals surface area (Å²) in [6, 6.07) is 46.5. The summed E-state index contributed by atoms with van der Waals surface area (Å²) < 4.78 is 6.19. The fourth-order valence-electron chi connectivity index (χ4n) is 7.00. The zero-order chi connectivity index (χ0) is 30.9. The summed E-state index contributed by atoms with van der Waals surface area (Å²) in [5, 5.41) is 11.4. The molecular weight excluding hydrogens is 576 g/mol. The Morgan fingerprint density at radius 1 is 0.404 bits per heavy atom. The Labute approximate surface area is 268 Å². The van der Waals surface area contributed by atoms with Crippen LogP contribution in [0.2, 0.25) is 0 Å². The molecule has 0 N–H and O–H groups in total. The Hall–Kier alpha value is -6.46. The molecule has 218 valence electrons. The molecule has 10 aromatic rings. The monoisotopic (exact) mass is 600 g/mol. The van der Waals surface area contributed by atoms with Gasteiger partial charge in [-0.1, -0.05) is 115 Å². The highest BCUT2D eigenvalue weighted by molar-refractivity contribution is 6.22. The van der Waals surface area contributed by atoms with Gasteiger partial charge in [0, 0.05) is 33.7 Å². The predicted molar refractivity (Wildman–Crippen MR) is 191 cm³/mol. The molecule has 5 heteroatoms. The van der Waals surface area contributed by atoms with E-state index in [9.17, 15) is 0 Å². The van der Waals surface area contributed by atoms with E-state index in [-0.39, 0.29) is 0 Å². The first-order chi connectivity index (χ1) is 23.3. The lowest BCUT2D eigenvalue weighted by molar-refractivity contribution is 0.667. The smallest absolute Gasteiger partial charge is 0.164 e. The molecule has 7 aromatic carbocycles. The normalized spacial score (nSPS) is 11.8. The molecule has 0 aliphatic rings. The maximum atomic E-state index is 6.19. The third-order valence-electron chi connectivity index (χ3n) is 9.19. The van der Waals surface area contributed by atoms with Gasteiger partial charge in [0.15, 0.2) is 23.1 Å². The maximum absolute atomic E-state index is 6.19. The number of benzene rings is 7. The van der Waals surface area contributed by atoms with Crippen molar-refractivity contribution < 1.29 is 4.42 Å². The first-order valence-electron chi connectivity index (χ1n) is 15.6. The van der Waals surface area contributed by atoms with Crippen LogP contribution >= 0.6 is 0 Å². The topological polar surface area (TPSA) is 64.7 Å². The Morgan fingerprint density at radius 2 is 1.11 bits per heavy atom. The van der Waals surface area contributed by atoms with Gasteiger partial charge >= 0.3 is 0 Å². The highest BCUT2D eigenvalue weighted by Crippen LogP contribution is 2.39. The molecule has 47 heavy (non-hydrogen) atoms. The van der Waals surface area contributed by atoms with Crippen LogP contribution in [-0.2, 0) is 0 Å². The van der Waals surface area contributed by atoms with Gasteiger partial charge in [-0.15, -0.1) is 0 Å². The molecule has 3 heterocycles. The molecule has 5 nitrogen and oxygen atoms in total. The van der Waals surface area contributed by atoms with E-state index >= 15 is 0 Å². The number of rotatable bonds is 3. The number of fused-ring (bicyclic) bond motifs is 9. The van der Waals surface area contributed by atoms with Gasteiger partial charge in [0.25, 0.3) is 0 Å². The minimum atomic E-state index is 0.589. The third kappa shape index (κ3) is 4.03. The van der Waals surface area contributed by atoms with E-state index in [2.05, 4.69) is 120 Å². The lowest BCUT2D eigenvalue weighted by atomic mass is 9.94. The molecule has 0 amide bonds. The lowest BCUT2D eigenvalue weighted by Crippen LogP contribution is -2.01. The van der Waals surface area contributed by atoms with Gasteiger partial charge in [-0.05, 0) is 61.3 Å². The van der Waals surface area contributed by atoms with E-state index in [4.69, 9.17) is 19.4 Å². The number of nitrogens with zero attached hydrogens (tertiary/aromatic N) is 4. The average Bonchev–Trinajstić information content (AvgIpc) is 3.53. The van der Waals surface area contributed by atoms with E-state index in [0.29, 0.717) is 17.5 Å². The van der Waals surface area contributed by atoms with Crippen molar-refractivity contribution in [2.24, 2.45) is 0 Å². The van der Waals surface area contributed by atoms with Crippen LogP contribution in [0.1, 0.15) is 0 Å². The molecule has 0 unspecified atom stereocenters. The standard InChI is InChI=1S/C42H24N4O/c1-2-9-28-23-29(18-15-25(28)7-1)40-44-41(46-42(45-40)35-13-6-14-36-39(35)34-21-22-43-24-37(34)47-36)33-12-5-11-32-31(33)20-19-27-17-16-26-8-3-4-10-30(26)38(27)32/h1-24H. The van der Waals surface area contributed by atoms with Crippen molar-refractivity contribution >= 4 is 65.0 Å². The molecule has 0 spiro atoms. The van der Waals surface area contributed by atoms with Gasteiger partial charge in [-0.25, -0.2) is 15.0 Å². The Kier molecular flexibility index (Phi) is 5.51. The minimum absolute atomic E-state index is 0.589. The predicted octanol–water partition coefficient (Wildman–Crippen LogP) is 10.8. The van der Waals surface area contributed by atoms with Crippen molar-refractivity contribution in [3.63, 3.8) is 0 Å². The van der Waals surface area contributed by atoms with E-state index in [1.165, 1.54) is 32.3 Å². The zero-order valence-corrected chi connectivity index (χ0v) is 25.1. The summed E-state index contributed by atoms with van der Waals surface area (Å²) >= 11 is 0. The summed E-state index contributed by atoms with van der Waals surface area (Å²) in [5.74, 6) is 1.83. The van der Waals surface area contributed by atoms with Crippen molar-refractivity contribution in [2.45, 2.75) is 0 Å². The summed E-state index contributed by atoms with van der Waals surface area (Å²) in [6.07, 6.45) is 3.54. The van der Waals surface area contributed by atoms with E-state index < -0.39 is 0 Å². The van der Waals surface area contributed by atoms with Gasteiger partial charge in [-0.3, -0.25) is 4.98 Å². The molecule has 0 fully saturated rings. The number of hydrogen-bond donors (Lipinski definition) is 0. The van der Waals surface area contributed by atoms with Crippen LogP contribution < -0.4 is 0 Å². The van der Waals surface area contributed by atoms with E-state index in [1.807, 2.05) is 18.2 Å². The first-order valence-corrected chi connectivity index (χ1v) is 15.6. The third-order valence-corrected chi connectivity index (χ3v) is 9.19. The van der Waals surface area contributed by atoms with Gasteiger partial charge < -0.3 is 4.42 Å². The zero-order valence-electron chi connectivity index (χ0n) is 25.1. The molecule has 10 rings (SSSR count). The van der Waals surface area contributed by atoms with Crippen molar-refractivity contribution in [2.75, 3.05) is 0 Å². The van der Waals surface area contributed by atoms with Crippen LogP contribution in [-0.4, -0.2) is 19.9 Å². The number of pyridine rings is 1. The SMILES string of the molecule is c1ccc2cc(-c3nc(-c4cccc5c4ccc4ccc6ccccc6c45)nc(-c4cccc5oc6cnccc6c45)n3)ccc2c1. The summed E-state index contributed by atoms with van der Waals surface area (Å²) in [7, 11) is 0. The highest BCUT2D eigenvalue weighted by atomic mass is 16.3. The Morgan fingerprint density at radius 3 is 2.04 bits per heavy atom. The second kappa shape index (κ2) is 10.0. The van der Waals surface area contributed by atoms with Crippen molar-refractivity contribution in [3.8, 4) is 34.2 Å². The van der Waals surface area contributed by atoms with Crippen molar-refractivity contribution in [1.29, 1.82) is 0 Å². The van der Waals surface area contributed by atoms with Crippen LogP contribution in [0.3, 0.4) is 0 Å². The van der Waals surface area contributed by atoms with Crippen LogP contribution in [0.15, 0.2) is 150 Å². The van der Waals surface area contributed by atoms with E-state index in [1.54, 1.807) is 12.4 Å². The minimum Gasteiger partial charge on any atom is -0.454 e. The molecule has 0 atom stereocenters. The second-order valence-corrected chi connectivity index (χ2v) is 11.9. The van der Waals surface area contributed by atoms with Gasteiger partial charge in [0.05, 0.1) is 6.20 Å². The van der Waals surface area contributed by atoms with Gasteiger partial charge in [0.1, 0.15) is 5.58 Å². The summed E-state index contributed by atoms with van der Waals surface area (Å²) in [4.78, 5) is 19.8. The second-order valence-electron chi connectivity index (χ2n) is 11.9. The number of furan rings is 1. The molecule has 0 aliphatic carbocycles. The van der Waals surface area contributed by atoms with Gasteiger partial charge in [0.2, 0.25) is 0 Å². The van der Waals surface area contributed by atoms with Crippen molar-refractivity contribution in [1.82, 2.24) is 19.9 Å². The first kappa shape index (κ1) is 25.8. The Bertz CT molecular complexity index is 2870. The lowest BCUT2D eigenvalue weighted by Gasteiger charge is -2.13. The fourth-order valence-corrected chi connectivity index (χ4v) is 7.00. The van der Waals surface area contributed by atoms with E-state index in [0.717, 1.165) is 49.4 Å². The molecule has 0 bridgehead atoms. The quantitative estimate of drug-likeness (QED) is 0.189. The molecule has 0 saturated heterocycles. The molecule has 0 radical (unpaired) electrons. The van der Waals surface area contributed by atoms with Crippen molar-refractivity contribution in [3.05, 3.63) is 146 Å². The van der Waals surface area contributed by atoms with Crippen LogP contribution in [0.25, 0.3) is 99.2 Å². The molecule has 0 aliphatic heterocycles. The number of hydrogen-bond acceptors (Lipinski definition) is 5. The number of aromatic nitrogens is 4. The fraction of sp³-hybridized carbons (Fsp3) is 0. The summed E-state index contributed by atoms with van der Waals surface area (Å²) in [6.45, 7) is 0. The van der Waals surface area contributed by atoms with Crippen LogP contribution in [0.5, 0.6) is 0 Å². The Balaban J connectivity index is 1.28. The molecular formula is C42H24N4O. The van der Waals surface area contributed by atoms with Gasteiger partial charge in [-0.2, -0.15) is 0 Å². The maximum Gasteiger partial charge on any atom is 0.164 e. The molecule has 0 saturated carbocycles. The average molecular weight is 601 g/mol. The molecule has 3 aromatic heterocycles. The highest BCUT2D eigenvalue weighted by Gasteiger charge is 2.19. The summed E-state index contributed by atoms with van der Waals surface area (Å²) in [5.41, 5.74) is 4.26.